The fourth-order valence-electron chi connectivity index (χ4n) is 1.90. The average Bonchev–Trinajstić information content (AvgIpc) is 2.81. The second-order valence-corrected chi connectivity index (χ2v) is 4.53. The maximum atomic E-state index is 11.5. The van der Waals surface area contributed by atoms with Gasteiger partial charge in [0.1, 0.15) is 11.5 Å². The fourth-order valence-corrected chi connectivity index (χ4v) is 1.90. The first-order chi connectivity index (χ1) is 9.86. The summed E-state index contributed by atoms with van der Waals surface area (Å²) in [5.41, 5.74) is 5.59. The van der Waals surface area contributed by atoms with E-state index in [2.05, 4.69) is 0 Å². The first-order valence-corrected chi connectivity index (χ1v) is 6.16. The topological polar surface area (TPSA) is 128 Å². The third-order valence-corrected chi connectivity index (χ3v) is 2.92. The number of nitrogens with one attached hydrogen (secondary N) is 1. The number of carbonyl (C=O) groups is 3. The molecule has 2 atom stereocenters. The standard InChI is InChI=1S/C13H14N2O6/c1-6(11(16)15-13(14)19)20-8-3-2-7-4-10(12(17)18)21-9(7)5-8/h2-3,5-6,10H,4H2,1H3,(H,17,18)(H3,14,15,16,19). The average molecular weight is 294 g/mol. The number of imide groups is 1. The number of carboxylic acids is 1. The van der Waals surface area contributed by atoms with Gasteiger partial charge >= 0.3 is 12.0 Å². The summed E-state index contributed by atoms with van der Waals surface area (Å²) in [6.07, 6.45) is -1.57. The summed E-state index contributed by atoms with van der Waals surface area (Å²) in [5.74, 6) is -0.982. The van der Waals surface area contributed by atoms with E-state index < -0.39 is 30.1 Å². The number of aliphatic carboxylic acids is 1. The molecular formula is C13H14N2O6. The van der Waals surface area contributed by atoms with Crippen LogP contribution in [0.15, 0.2) is 18.2 Å². The summed E-state index contributed by atoms with van der Waals surface area (Å²) < 4.78 is 10.6. The number of amides is 3. The number of carboxylic acid groups (broad SMARTS) is 1. The lowest BCUT2D eigenvalue weighted by molar-refractivity contribution is -0.144. The summed E-state index contributed by atoms with van der Waals surface area (Å²) in [4.78, 5) is 32.9. The number of rotatable bonds is 4. The quantitative estimate of drug-likeness (QED) is 0.719. The predicted octanol–water partition coefficient (Wildman–Crippen LogP) is 0.0369. The summed E-state index contributed by atoms with van der Waals surface area (Å²) in [7, 11) is 0. The zero-order valence-electron chi connectivity index (χ0n) is 11.2. The summed E-state index contributed by atoms with van der Waals surface area (Å²) >= 11 is 0. The van der Waals surface area contributed by atoms with Gasteiger partial charge in [-0.05, 0) is 18.6 Å². The highest BCUT2D eigenvalue weighted by atomic mass is 16.5. The molecule has 8 heteroatoms. The minimum absolute atomic E-state index is 0.280. The van der Waals surface area contributed by atoms with E-state index in [1.165, 1.54) is 13.0 Å². The van der Waals surface area contributed by atoms with Gasteiger partial charge in [0.25, 0.3) is 5.91 Å². The molecule has 2 unspecified atom stereocenters. The van der Waals surface area contributed by atoms with E-state index in [0.29, 0.717) is 11.5 Å². The number of fused-ring (bicyclic) bond motifs is 1. The van der Waals surface area contributed by atoms with Crippen molar-refractivity contribution in [2.75, 3.05) is 0 Å². The Morgan fingerprint density at radius 1 is 1.48 bits per heavy atom. The maximum absolute atomic E-state index is 11.5. The van der Waals surface area contributed by atoms with Crippen molar-refractivity contribution in [3.05, 3.63) is 23.8 Å². The zero-order chi connectivity index (χ0) is 15.6. The van der Waals surface area contributed by atoms with Crippen LogP contribution in [0.1, 0.15) is 12.5 Å². The van der Waals surface area contributed by atoms with E-state index >= 15 is 0 Å². The Morgan fingerprint density at radius 2 is 2.19 bits per heavy atom. The van der Waals surface area contributed by atoms with Crippen molar-refractivity contribution in [2.24, 2.45) is 5.73 Å². The molecule has 0 spiro atoms. The molecule has 1 aromatic carbocycles. The Bertz CT molecular complexity index is 600. The molecule has 0 aromatic heterocycles. The Labute approximate surface area is 119 Å². The minimum atomic E-state index is -1.04. The molecule has 112 valence electrons. The molecule has 1 aromatic rings. The van der Waals surface area contributed by atoms with Crippen molar-refractivity contribution >= 4 is 17.9 Å². The molecule has 2 rings (SSSR count). The maximum Gasteiger partial charge on any atom is 0.345 e. The molecule has 21 heavy (non-hydrogen) atoms. The van der Waals surface area contributed by atoms with Crippen LogP contribution >= 0.6 is 0 Å². The second-order valence-electron chi connectivity index (χ2n) is 4.53. The van der Waals surface area contributed by atoms with Crippen molar-refractivity contribution < 1.29 is 29.0 Å². The van der Waals surface area contributed by atoms with Crippen molar-refractivity contribution in [3.63, 3.8) is 0 Å². The van der Waals surface area contributed by atoms with Crippen LogP contribution in [-0.4, -0.2) is 35.2 Å². The molecule has 8 nitrogen and oxygen atoms in total. The van der Waals surface area contributed by atoms with Gasteiger partial charge in [0.15, 0.2) is 12.2 Å². The number of hydrogen-bond donors (Lipinski definition) is 3. The molecule has 0 bridgehead atoms. The number of primary amides is 1. The summed E-state index contributed by atoms with van der Waals surface area (Å²) in [6.45, 7) is 1.45. The third-order valence-electron chi connectivity index (χ3n) is 2.92. The molecule has 0 saturated carbocycles. The lowest BCUT2D eigenvalue weighted by atomic mass is 10.1. The number of nitrogens with two attached hydrogens (primary N) is 1. The first kappa shape index (κ1) is 14.6. The highest BCUT2D eigenvalue weighted by molar-refractivity contribution is 5.95. The molecule has 1 aliphatic heterocycles. The fraction of sp³-hybridized carbons (Fsp3) is 0.308. The SMILES string of the molecule is CC(Oc1ccc2c(c1)OC(C(=O)O)C2)C(=O)NC(N)=O. The van der Waals surface area contributed by atoms with Crippen molar-refractivity contribution in [1.29, 1.82) is 0 Å². The van der Waals surface area contributed by atoms with Gasteiger partial charge in [-0.3, -0.25) is 10.1 Å². The van der Waals surface area contributed by atoms with E-state index in [0.717, 1.165) is 5.56 Å². The zero-order valence-corrected chi connectivity index (χ0v) is 11.2. The van der Waals surface area contributed by atoms with Crippen LogP contribution in [0.5, 0.6) is 11.5 Å². The molecule has 0 fully saturated rings. The van der Waals surface area contributed by atoms with Crippen molar-refractivity contribution in [1.82, 2.24) is 5.32 Å². The second kappa shape index (κ2) is 5.70. The molecule has 1 heterocycles. The van der Waals surface area contributed by atoms with E-state index in [1.807, 2.05) is 5.32 Å². The molecule has 0 saturated heterocycles. The lowest BCUT2D eigenvalue weighted by Gasteiger charge is -2.14. The van der Waals surface area contributed by atoms with E-state index in [1.54, 1.807) is 12.1 Å². The van der Waals surface area contributed by atoms with Gasteiger partial charge in [0.2, 0.25) is 0 Å². The van der Waals surface area contributed by atoms with Crippen molar-refractivity contribution in [2.45, 2.75) is 25.6 Å². The van der Waals surface area contributed by atoms with E-state index in [9.17, 15) is 14.4 Å². The highest BCUT2D eigenvalue weighted by Gasteiger charge is 2.29. The van der Waals surface area contributed by atoms with Gasteiger partial charge in [0.05, 0.1) is 0 Å². The molecule has 1 aliphatic rings. The van der Waals surface area contributed by atoms with Crippen molar-refractivity contribution in [3.8, 4) is 11.5 Å². The Kier molecular flexibility index (Phi) is 3.97. The van der Waals surface area contributed by atoms with Gasteiger partial charge < -0.3 is 20.3 Å². The highest BCUT2D eigenvalue weighted by Crippen LogP contribution is 2.32. The number of urea groups is 1. The van der Waals surface area contributed by atoms with Crippen LogP contribution in [0.3, 0.4) is 0 Å². The van der Waals surface area contributed by atoms with Crippen LogP contribution in [0.2, 0.25) is 0 Å². The van der Waals surface area contributed by atoms with Crippen LogP contribution in [0.25, 0.3) is 0 Å². The summed E-state index contributed by atoms with van der Waals surface area (Å²) in [6, 6.07) is 3.82. The normalized spacial score (nSPS) is 17.3. The predicted molar refractivity (Wildman–Crippen MR) is 70.0 cm³/mol. The molecular weight excluding hydrogens is 280 g/mol. The Hall–Kier alpha value is -2.77. The van der Waals surface area contributed by atoms with Crippen LogP contribution in [0.4, 0.5) is 4.79 Å². The van der Waals surface area contributed by atoms with E-state index in [-0.39, 0.29) is 6.42 Å². The number of hydrogen-bond acceptors (Lipinski definition) is 5. The van der Waals surface area contributed by atoms with E-state index in [4.69, 9.17) is 20.3 Å². The third kappa shape index (κ3) is 3.41. The van der Waals surface area contributed by atoms with Crippen LogP contribution < -0.4 is 20.5 Å². The van der Waals surface area contributed by atoms with Gasteiger partial charge in [-0.25, -0.2) is 9.59 Å². The molecule has 3 amide bonds. The number of carbonyl (C=O) groups excluding carboxylic acids is 2. The molecule has 0 radical (unpaired) electrons. The van der Waals surface area contributed by atoms with Gasteiger partial charge in [-0.15, -0.1) is 0 Å². The molecule has 4 N–H and O–H groups in total. The summed E-state index contributed by atoms with van der Waals surface area (Å²) in [5, 5.41) is 10.8. The minimum Gasteiger partial charge on any atom is -0.481 e. The van der Waals surface area contributed by atoms with Crippen LogP contribution in [-0.2, 0) is 16.0 Å². The smallest absolute Gasteiger partial charge is 0.345 e. The van der Waals surface area contributed by atoms with Gasteiger partial charge in [0, 0.05) is 12.5 Å². The van der Waals surface area contributed by atoms with Gasteiger partial charge in [-0.1, -0.05) is 6.07 Å². The lowest BCUT2D eigenvalue weighted by Crippen LogP contribution is -2.42. The van der Waals surface area contributed by atoms with Crippen LogP contribution in [0, 0.1) is 0 Å². The Morgan fingerprint density at radius 3 is 2.81 bits per heavy atom. The van der Waals surface area contributed by atoms with Gasteiger partial charge in [-0.2, -0.15) is 0 Å². The largest absolute Gasteiger partial charge is 0.481 e. The number of ether oxygens (including phenoxy) is 2. The monoisotopic (exact) mass is 294 g/mol. The Balaban J connectivity index is 2.04. The first-order valence-electron chi connectivity index (χ1n) is 6.16. The number of benzene rings is 1. The molecule has 0 aliphatic carbocycles.